The lowest BCUT2D eigenvalue weighted by Gasteiger charge is -2.09. The van der Waals surface area contributed by atoms with Crippen LogP contribution >= 0.6 is 0 Å². The second kappa shape index (κ2) is 4.88. The van der Waals surface area contributed by atoms with Crippen LogP contribution in [0.3, 0.4) is 0 Å². The van der Waals surface area contributed by atoms with Gasteiger partial charge in [0.2, 0.25) is 0 Å². The first kappa shape index (κ1) is 13.9. The van der Waals surface area contributed by atoms with Crippen molar-refractivity contribution in [2.24, 2.45) is 5.73 Å². The number of nitrogens with two attached hydrogens (primary N) is 2. The lowest BCUT2D eigenvalue weighted by Crippen LogP contribution is -2.13. The fourth-order valence-corrected chi connectivity index (χ4v) is 1.82. The van der Waals surface area contributed by atoms with Gasteiger partial charge in [0.25, 0.3) is 5.91 Å². The zero-order valence-electron chi connectivity index (χ0n) is 10.2. The maximum absolute atomic E-state index is 12.5. The van der Waals surface area contributed by atoms with E-state index in [1.807, 2.05) is 0 Å². The summed E-state index contributed by atoms with van der Waals surface area (Å²) < 4.78 is 37.4. The van der Waals surface area contributed by atoms with Crippen LogP contribution in [0, 0.1) is 0 Å². The van der Waals surface area contributed by atoms with Crippen LogP contribution < -0.4 is 11.5 Å². The summed E-state index contributed by atoms with van der Waals surface area (Å²) in [4.78, 5) is 11.0. The van der Waals surface area contributed by atoms with Crippen molar-refractivity contribution < 1.29 is 18.0 Å². The number of nitrogen functional groups attached to an aromatic ring is 1. The average Bonchev–Trinajstić information content (AvgIpc) is 2.37. The molecule has 0 aliphatic heterocycles. The number of rotatable bonds is 2. The highest BCUT2D eigenvalue weighted by atomic mass is 19.4. The van der Waals surface area contributed by atoms with Crippen LogP contribution in [0.2, 0.25) is 0 Å². The van der Waals surface area contributed by atoms with Gasteiger partial charge in [0.1, 0.15) is 0 Å². The van der Waals surface area contributed by atoms with Crippen LogP contribution in [0.15, 0.2) is 42.5 Å². The summed E-state index contributed by atoms with van der Waals surface area (Å²) in [6.07, 6.45) is -4.37. The third kappa shape index (κ3) is 2.74. The number of hydrogen-bond acceptors (Lipinski definition) is 2. The van der Waals surface area contributed by atoms with Gasteiger partial charge >= 0.3 is 6.18 Å². The van der Waals surface area contributed by atoms with E-state index < -0.39 is 17.6 Å². The Bertz CT molecular complexity index is 648. The highest BCUT2D eigenvalue weighted by Crippen LogP contribution is 2.31. The molecule has 3 nitrogen and oxygen atoms in total. The molecular weight excluding hydrogens is 269 g/mol. The van der Waals surface area contributed by atoms with Gasteiger partial charge in [-0.05, 0) is 35.4 Å². The molecule has 4 N–H and O–H groups in total. The maximum atomic E-state index is 12.5. The van der Waals surface area contributed by atoms with Crippen LogP contribution in [0.1, 0.15) is 15.9 Å². The Balaban J connectivity index is 2.37. The third-order valence-electron chi connectivity index (χ3n) is 2.86. The van der Waals surface area contributed by atoms with Crippen molar-refractivity contribution in [3.63, 3.8) is 0 Å². The minimum Gasteiger partial charge on any atom is -0.398 e. The van der Waals surface area contributed by atoms with E-state index in [2.05, 4.69) is 0 Å². The number of amides is 1. The monoisotopic (exact) mass is 280 g/mol. The number of hydrogen-bond donors (Lipinski definition) is 2. The Kier molecular flexibility index (Phi) is 3.40. The summed E-state index contributed by atoms with van der Waals surface area (Å²) in [7, 11) is 0. The van der Waals surface area contributed by atoms with Gasteiger partial charge in [0.05, 0.1) is 11.1 Å². The molecule has 104 valence electrons. The molecule has 2 aromatic rings. The molecule has 0 aliphatic rings. The Morgan fingerprint density at radius 1 is 0.950 bits per heavy atom. The van der Waals surface area contributed by atoms with Crippen molar-refractivity contribution in [2.45, 2.75) is 6.18 Å². The van der Waals surface area contributed by atoms with Gasteiger partial charge < -0.3 is 11.5 Å². The Hall–Kier alpha value is -2.50. The fraction of sp³-hybridized carbons (Fsp3) is 0.0714. The predicted octanol–water partition coefficient (Wildman–Crippen LogP) is 3.05. The van der Waals surface area contributed by atoms with Crippen molar-refractivity contribution in [3.05, 3.63) is 53.6 Å². The molecule has 0 aromatic heterocycles. The normalized spacial score (nSPS) is 11.3. The van der Waals surface area contributed by atoms with E-state index in [1.54, 1.807) is 6.07 Å². The molecule has 0 unspecified atom stereocenters. The van der Waals surface area contributed by atoms with E-state index in [1.165, 1.54) is 24.3 Å². The zero-order chi connectivity index (χ0) is 14.9. The molecule has 1 amide bonds. The largest absolute Gasteiger partial charge is 0.416 e. The number of primary amides is 1. The lowest BCUT2D eigenvalue weighted by molar-refractivity contribution is -0.137. The molecule has 0 bridgehead atoms. The van der Waals surface area contributed by atoms with Gasteiger partial charge in [0, 0.05) is 5.69 Å². The molecule has 0 aliphatic carbocycles. The molecule has 0 heterocycles. The first-order chi connectivity index (χ1) is 9.29. The number of benzene rings is 2. The Morgan fingerprint density at radius 3 is 1.95 bits per heavy atom. The molecule has 0 spiro atoms. The van der Waals surface area contributed by atoms with Crippen molar-refractivity contribution in [2.75, 3.05) is 5.73 Å². The minimum atomic E-state index is -4.37. The van der Waals surface area contributed by atoms with E-state index in [9.17, 15) is 18.0 Å². The van der Waals surface area contributed by atoms with E-state index in [-0.39, 0.29) is 11.3 Å². The highest BCUT2D eigenvalue weighted by molar-refractivity contribution is 5.98. The summed E-state index contributed by atoms with van der Waals surface area (Å²) in [5.74, 6) is -0.651. The zero-order valence-corrected chi connectivity index (χ0v) is 10.2. The smallest absolute Gasteiger partial charge is 0.398 e. The van der Waals surface area contributed by atoms with Gasteiger partial charge in [-0.1, -0.05) is 18.2 Å². The van der Waals surface area contributed by atoms with Gasteiger partial charge in [-0.15, -0.1) is 0 Å². The number of alkyl halides is 3. The quantitative estimate of drug-likeness (QED) is 0.830. The summed E-state index contributed by atoms with van der Waals surface area (Å²) in [6, 6.07) is 9.22. The molecular formula is C14H11F3N2O. The van der Waals surface area contributed by atoms with Crippen LogP contribution in [0.5, 0.6) is 0 Å². The van der Waals surface area contributed by atoms with Crippen LogP contribution in [-0.4, -0.2) is 5.91 Å². The Morgan fingerprint density at radius 2 is 1.50 bits per heavy atom. The van der Waals surface area contributed by atoms with E-state index in [0.29, 0.717) is 11.1 Å². The van der Waals surface area contributed by atoms with Gasteiger partial charge in [0.15, 0.2) is 0 Å². The molecule has 20 heavy (non-hydrogen) atoms. The predicted molar refractivity (Wildman–Crippen MR) is 69.8 cm³/mol. The first-order valence-corrected chi connectivity index (χ1v) is 5.66. The van der Waals surface area contributed by atoms with Crippen molar-refractivity contribution in [1.29, 1.82) is 0 Å². The summed E-state index contributed by atoms with van der Waals surface area (Å²) in [6.45, 7) is 0. The maximum Gasteiger partial charge on any atom is 0.416 e. The lowest BCUT2D eigenvalue weighted by atomic mass is 10.0. The molecule has 0 fully saturated rings. The van der Waals surface area contributed by atoms with Crippen molar-refractivity contribution >= 4 is 11.6 Å². The van der Waals surface area contributed by atoms with Crippen LogP contribution in [-0.2, 0) is 6.18 Å². The fourth-order valence-electron chi connectivity index (χ4n) is 1.82. The van der Waals surface area contributed by atoms with E-state index in [0.717, 1.165) is 12.1 Å². The second-order valence-electron chi connectivity index (χ2n) is 4.24. The summed E-state index contributed by atoms with van der Waals surface area (Å²) >= 11 is 0. The highest BCUT2D eigenvalue weighted by Gasteiger charge is 2.29. The molecule has 0 saturated carbocycles. The van der Waals surface area contributed by atoms with Crippen molar-refractivity contribution in [1.82, 2.24) is 0 Å². The number of anilines is 1. The van der Waals surface area contributed by atoms with Gasteiger partial charge in [-0.2, -0.15) is 13.2 Å². The number of carbonyl (C=O) groups is 1. The first-order valence-electron chi connectivity index (χ1n) is 5.66. The number of halogens is 3. The SMILES string of the molecule is NC(=O)c1ccc(-c2ccc(C(F)(F)F)cc2)cc1N. The van der Waals surface area contributed by atoms with Crippen molar-refractivity contribution in [3.8, 4) is 11.1 Å². The molecule has 2 aromatic carbocycles. The molecule has 0 atom stereocenters. The second-order valence-corrected chi connectivity index (χ2v) is 4.24. The average molecular weight is 280 g/mol. The summed E-state index contributed by atoms with van der Waals surface area (Å²) in [5.41, 5.74) is 11.6. The molecule has 0 saturated heterocycles. The standard InChI is InChI=1S/C14H11F3N2O/c15-14(16,17)10-4-1-8(2-5-10)9-3-6-11(13(19)20)12(18)7-9/h1-7H,18H2,(H2,19,20). The molecule has 0 radical (unpaired) electrons. The minimum absolute atomic E-state index is 0.181. The number of carbonyl (C=O) groups excluding carboxylic acids is 1. The van der Waals surface area contributed by atoms with E-state index in [4.69, 9.17) is 11.5 Å². The van der Waals surface area contributed by atoms with Crippen LogP contribution in [0.4, 0.5) is 18.9 Å². The third-order valence-corrected chi connectivity index (χ3v) is 2.86. The molecule has 6 heteroatoms. The van der Waals surface area contributed by atoms with Gasteiger partial charge in [-0.3, -0.25) is 4.79 Å². The molecule has 2 rings (SSSR count). The van der Waals surface area contributed by atoms with Gasteiger partial charge in [-0.25, -0.2) is 0 Å². The Labute approximate surface area is 113 Å². The van der Waals surface area contributed by atoms with E-state index >= 15 is 0 Å². The van der Waals surface area contributed by atoms with Crippen LogP contribution in [0.25, 0.3) is 11.1 Å². The summed E-state index contributed by atoms with van der Waals surface area (Å²) in [5, 5.41) is 0. The topological polar surface area (TPSA) is 69.1 Å².